The Morgan fingerprint density at radius 1 is 1.41 bits per heavy atom. The minimum Gasteiger partial charge on any atom is -0.392 e. The fourth-order valence-corrected chi connectivity index (χ4v) is 3.55. The fraction of sp³-hybridized carbons (Fsp3) is 0.600. The van der Waals surface area contributed by atoms with Crippen molar-refractivity contribution >= 4 is 15.7 Å². The van der Waals surface area contributed by atoms with Gasteiger partial charge in [0.15, 0.2) is 0 Å². The van der Waals surface area contributed by atoms with E-state index in [1.807, 2.05) is 6.92 Å². The zero-order valence-electron chi connectivity index (χ0n) is 12.9. The number of sulfonamides is 1. The number of rotatable bonds is 5. The average molecular weight is 330 g/mol. The molecule has 1 aliphatic rings. The zero-order valence-corrected chi connectivity index (χ0v) is 13.7. The second-order valence-corrected chi connectivity index (χ2v) is 8.00. The van der Waals surface area contributed by atoms with Gasteiger partial charge in [-0.15, -0.1) is 0 Å². The van der Waals surface area contributed by atoms with Crippen LogP contribution in [0.4, 0.5) is 10.1 Å². The number of hydrogen-bond donors (Lipinski definition) is 3. The quantitative estimate of drug-likeness (QED) is 0.772. The molecule has 0 aliphatic heterocycles. The summed E-state index contributed by atoms with van der Waals surface area (Å²) in [6, 6.07) is 3.77. The first kappa shape index (κ1) is 17.2. The lowest BCUT2D eigenvalue weighted by molar-refractivity contribution is 0.00959. The zero-order chi connectivity index (χ0) is 16.4. The van der Waals surface area contributed by atoms with Gasteiger partial charge in [0, 0.05) is 12.0 Å². The van der Waals surface area contributed by atoms with Crippen molar-refractivity contribution in [3.8, 4) is 0 Å². The molecule has 7 heteroatoms. The van der Waals surface area contributed by atoms with Crippen molar-refractivity contribution < 1.29 is 17.9 Å². The molecular weight excluding hydrogens is 307 g/mol. The van der Waals surface area contributed by atoms with Crippen molar-refractivity contribution in [2.24, 2.45) is 5.41 Å². The van der Waals surface area contributed by atoms with E-state index in [2.05, 4.69) is 10.0 Å². The minimum atomic E-state index is -3.65. The molecule has 1 aliphatic carbocycles. The summed E-state index contributed by atoms with van der Waals surface area (Å²) in [5, 5.41) is 13.1. The number of anilines is 1. The van der Waals surface area contributed by atoms with Crippen molar-refractivity contribution in [3.63, 3.8) is 0 Å². The summed E-state index contributed by atoms with van der Waals surface area (Å²) in [6.45, 7) is 2.44. The van der Waals surface area contributed by atoms with Crippen molar-refractivity contribution in [1.82, 2.24) is 4.72 Å². The number of hydrogen-bond acceptors (Lipinski definition) is 4. The molecule has 0 bridgehead atoms. The molecular formula is C15H23FN2O3S. The molecule has 3 N–H and O–H groups in total. The molecule has 1 aromatic rings. The molecule has 5 nitrogen and oxygen atoms in total. The van der Waals surface area contributed by atoms with Gasteiger partial charge in [-0.3, -0.25) is 0 Å². The minimum absolute atomic E-state index is 0.109. The van der Waals surface area contributed by atoms with Crippen LogP contribution in [0.25, 0.3) is 0 Å². The van der Waals surface area contributed by atoms with Crippen LogP contribution in [0.2, 0.25) is 0 Å². The molecule has 22 heavy (non-hydrogen) atoms. The number of aliphatic hydroxyl groups excluding tert-OH is 1. The van der Waals surface area contributed by atoms with Crippen molar-refractivity contribution in [2.75, 3.05) is 18.9 Å². The van der Waals surface area contributed by atoms with Crippen LogP contribution in [0.1, 0.15) is 32.6 Å². The topological polar surface area (TPSA) is 78.4 Å². The van der Waals surface area contributed by atoms with Crippen molar-refractivity contribution in [3.05, 3.63) is 24.0 Å². The molecule has 0 aromatic heterocycles. The van der Waals surface area contributed by atoms with Crippen LogP contribution in [0.5, 0.6) is 0 Å². The van der Waals surface area contributed by atoms with E-state index >= 15 is 0 Å². The molecule has 2 rings (SSSR count). The Morgan fingerprint density at radius 2 is 2.14 bits per heavy atom. The largest absolute Gasteiger partial charge is 0.392 e. The molecule has 0 spiro atoms. The molecule has 0 amide bonds. The summed E-state index contributed by atoms with van der Waals surface area (Å²) in [5.41, 5.74) is -0.0468. The second-order valence-electron chi connectivity index (χ2n) is 6.12. The third kappa shape index (κ3) is 3.59. The molecule has 0 heterocycles. The highest BCUT2D eigenvalue weighted by molar-refractivity contribution is 7.89. The fourth-order valence-electron chi connectivity index (χ4n) is 2.81. The van der Waals surface area contributed by atoms with Crippen LogP contribution in [0.15, 0.2) is 23.1 Å². The first-order valence-electron chi connectivity index (χ1n) is 7.43. The number of nitrogens with one attached hydrogen (secondary N) is 2. The van der Waals surface area contributed by atoms with E-state index < -0.39 is 21.9 Å². The van der Waals surface area contributed by atoms with Crippen LogP contribution in [-0.2, 0) is 10.0 Å². The number of halogens is 1. The summed E-state index contributed by atoms with van der Waals surface area (Å²) in [6.07, 6.45) is 3.31. The lowest BCUT2D eigenvalue weighted by Gasteiger charge is -2.38. The second kappa shape index (κ2) is 6.52. The maximum atomic E-state index is 14.1. The maximum Gasteiger partial charge on any atom is 0.240 e. The Morgan fingerprint density at radius 3 is 2.73 bits per heavy atom. The number of aliphatic hydroxyl groups is 1. The highest BCUT2D eigenvalue weighted by Crippen LogP contribution is 2.36. The molecule has 0 radical (unpaired) electrons. The molecule has 1 saturated carbocycles. The van der Waals surface area contributed by atoms with E-state index in [1.165, 1.54) is 19.2 Å². The molecule has 2 atom stereocenters. The summed E-state index contributed by atoms with van der Waals surface area (Å²) >= 11 is 0. The Bertz CT molecular complexity index is 636. The monoisotopic (exact) mass is 330 g/mol. The van der Waals surface area contributed by atoms with Gasteiger partial charge >= 0.3 is 0 Å². The molecule has 1 fully saturated rings. The lowest BCUT2D eigenvalue weighted by atomic mass is 9.73. The van der Waals surface area contributed by atoms with Gasteiger partial charge in [-0.2, -0.15) is 0 Å². The first-order valence-corrected chi connectivity index (χ1v) is 8.92. The highest BCUT2D eigenvalue weighted by Gasteiger charge is 2.35. The predicted molar refractivity (Wildman–Crippen MR) is 83.7 cm³/mol. The van der Waals surface area contributed by atoms with Crippen LogP contribution in [0.3, 0.4) is 0 Å². The van der Waals surface area contributed by atoms with E-state index in [0.717, 1.165) is 31.7 Å². The molecule has 0 unspecified atom stereocenters. The Hall–Kier alpha value is -1.18. The van der Waals surface area contributed by atoms with Crippen LogP contribution < -0.4 is 10.0 Å². The maximum absolute atomic E-state index is 14.1. The van der Waals surface area contributed by atoms with Gasteiger partial charge in [0.2, 0.25) is 10.0 Å². The number of benzene rings is 1. The van der Waals surface area contributed by atoms with Crippen LogP contribution in [0, 0.1) is 11.2 Å². The summed E-state index contributed by atoms with van der Waals surface area (Å²) in [7, 11) is -2.37. The van der Waals surface area contributed by atoms with Gasteiger partial charge in [0.05, 0.1) is 16.7 Å². The Kier molecular flexibility index (Phi) is 5.09. The van der Waals surface area contributed by atoms with Gasteiger partial charge in [-0.05, 0) is 38.1 Å². The van der Waals surface area contributed by atoms with Gasteiger partial charge in [0.1, 0.15) is 5.82 Å². The van der Waals surface area contributed by atoms with Crippen molar-refractivity contribution in [2.45, 2.75) is 43.6 Å². The van der Waals surface area contributed by atoms with E-state index in [-0.39, 0.29) is 16.0 Å². The third-order valence-corrected chi connectivity index (χ3v) is 5.89. The lowest BCUT2D eigenvalue weighted by Crippen LogP contribution is -2.41. The molecule has 124 valence electrons. The first-order chi connectivity index (χ1) is 10.3. The average Bonchev–Trinajstić information content (AvgIpc) is 2.49. The van der Waals surface area contributed by atoms with E-state index in [9.17, 15) is 17.9 Å². The molecule has 0 saturated heterocycles. The summed E-state index contributed by atoms with van der Waals surface area (Å²) in [5.74, 6) is -0.620. The Labute approximate surface area is 131 Å². The van der Waals surface area contributed by atoms with Gasteiger partial charge in [-0.1, -0.05) is 19.8 Å². The van der Waals surface area contributed by atoms with Gasteiger partial charge in [0.25, 0.3) is 0 Å². The van der Waals surface area contributed by atoms with Crippen LogP contribution in [-0.4, -0.2) is 33.2 Å². The van der Waals surface area contributed by atoms with Gasteiger partial charge in [-0.25, -0.2) is 17.5 Å². The summed E-state index contributed by atoms with van der Waals surface area (Å²) in [4.78, 5) is -0.109. The normalized spacial score (nSPS) is 25.9. The standard InChI is InChI=1S/C15H23FN2O3S/c1-15(8-4-3-5-14(15)19)10-18-13-7-6-11(9-12(13)16)22(20,21)17-2/h6-7,9,14,17-19H,3-5,8,10H2,1-2H3/t14-,15-/m0/s1. The van der Waals surface area contributed by atoms with Gasteiger partial charge < -0.3 is 10.4 Å². The predicted octanol–water partition coefficient (Wildman–Crippen LogP) is 2.09. The highest BCUT2D eigenvalue weighted by atomic mass is 32.2. The smallest absolute Gasteiger partial charge is 0.240 e. The summed E-state index contributed by atoms with van der Waals surface area (Å²) < 4.78 is 39.5. The van der Waals surface area contributed by atoms with E-state index in [0.29, 0.717) is 6.54 Å². The van der Waals surface area contributed by atoms with Crippen molar-refractivity contribution in [1.29, 1.82) is 0 Å². The van der Waals surface area contributed by atoms with E-state index in [4.69, 9.17) is 0 Å². The third-order valence-electron chi connectivity index (χ3n) is 4.48. The Balaban J connectivity index is 2.11. The molecule has 1 aromatic carbocycles. The SMILES string of the molecule is CNS(=O)(=O)c1ccc(NC[C@]2(C)CCCC[C@@H]2O)c(F)c1. The van der Waals surface area contributed by atoms with E-state index in [1.54, 1.807) is 0 Å². The van der Waals surface area contributed by atoms with Crippen LogP contribution >= 0.6 is 0 Å².